The first-order chi connectivity index (χ1) is 7.57. The quantitative estimate of drug-likeness (QED) is 0.801. The highest BCUT2D eigenvalue weighted by Crippen LogP contribution is 2.49. The molecule has 5 heteroatoms. The van der Waals surface area contributed by atoms with Crippen molar-refractivity contribution >= 4 is 31.5 Å². The first-order valence-electron chi connectivity index (χ1n) is 5.34. The van der Waals surface area contributed by atoms with Crippen molar-refractivity contribution in [2.45, 2.75) is 28.9 Å². The second-order valence-electron chi connectivity index (χ2n) is 4.51. The van der Waals surface area contributed by atoms with E-state index in [0.29, 0.717) is 15.9 Å². The molecule has 0 bridgehead atoms. The van der Waals surface area contributed by atoms with Crippen LogP contribution in [0.15, 0.2) is 27.6 Å². The number of fused-ring (bicyclic) bond motifs is 1. The van der Waals surface area contributed by atoms with Gasteiger partial charge in [0, 0.05) is 11.0 Å². The summed E-state index contributed by atoms with van der Waals surface area (Å²) in [7, 11) is -3.19. The van der Waals surface area contributed by atoms with Crippen LogP contribution in [0.1, 0.15) is 19.3 Å². The van der Waals surface area contributed by atoms with Gasteiger partial charge in [-0.25, -0.2) is 8.42 Å². The second-order valence-corrected chi connectivity index (χ2v) is 7.65. The highest BCUT2D eigenvalue weighted by Gasteiger charge is 2.52. The molecule has 1 aromatic carbocycles. The van der Waals surface area contributed by atoms with Crippen LogP contribution in [0.5, 0.6) is 0 Å². The molecule has 16 heavy (non-hydrogen) atoms. The van der Waals surface area contributed by atoms with Gasteiger partial charge in [-0.05, 0) is 40.9 Å². The Hall–Kier alpha value is -0.550. The molecule has 1 aliphatic carbocycles. The summed E-state index contributed by atoms with van der Waals surface area (Å²) in [6, 6.07) is 5.46. The van der Waals surface area contributed by atoms with Gasteiger partial charge in [-0.15, -0.1) is 0 Å². The highest BCUT2D eigenvalue weighted by molar-refractivity contribution is 9.10. The number of nitrogens with one attached hydrogen (secondary N) is 1. The van der Waals surface area contributed by atoms with Crippen LogP contribution in [0, 0.1) is 0 Å². The molecule has 1 aromatic rings. The van der Waals surface area contributed by atoms with Crippen molar-refractivity contribution in [3.8, 4) is 0 Å². The molecule has 86 valence electrons. The Balaban J connectivity index is 2.26. The monoisotopic (exact) mass is 301 g/mol. The molecule has 0 unspecified atom stereocenters. The molecular formula is C11H12BrNO2S. The van der Waals surface area contributed by atoms with Crippen molar-refractivity contribution in [3.05, 3.63) is 22.7 Å². The van der Waals surface area contributed by atoms with E-state index in [1.54, 1.807) is 6.07 Å². The van der Waals surface area contributed by atoms with Crippen molar-refractivity contribution in [2.24, 2.45) is 0 Å². The largest absolute Gasteiger partial charge is 0.382 e. The highest BCUT2D eigenvalue weighted by atomic mass is 79.9. The maximum Gasteiger partial charge on any atom is 0.188 e. The summed E-state index contributed by atoms with van der Waals surface area (Å²) in [5.41, 5.74) is 0.729. The zero-order chi connectivity index (χ0) is 11.4. The maximum atomic E-state index is 12.6. The third kappa shape index (κ3) is 1.16. The number of anilines is 1. The maximum absolute atomic E-state index is 12.6. The summed E-state index contributed by atoms with van der Waals surface area (Å²) in [5, 5.41) is 3.24. The summed E-state index contributed by atoms with van der Waals surface area (Å²) in [6.07, 6.45) is 2.58. The van der Waals surface area contributed by atoms with E-state index in [4.69, 9.17) is 0 Å². The standard InChI is InChI=1S/C11H12BrNO2S/c12-8-3-1-4-9-10(8)16(14,15)11(7-13-9)5-2-6-11/h1,3-4,13H,2,5-7H2. The van der Waals surface area contributed by atoms with E-state index in [1.807, 2.05) is 12.1 Å². The van der Waals surface area contributed by atoms with Gasteiger partial charge >= 0.3 is 0 Å². The lowest BCUT2D eigenvalue weighted by atomic mass is 9.84. The molecule has 1 heterocycles. The number of sulfone groups is 1. The number of halogens is 1. The van der Waals surface area contributed by atoms with Gasteiger partial charge in [0.2, 0.25) is 0 Å². The Morgan fingerprint density at radius 3 is 2.69 bits per heavy atom. The first kappa shape index (κ1) is 10.6. The molecule has 0 aromatic heterocycles. The van der Waals surface area contributed by atoms with E-state index in [2.05, 4.69) is 21.2 Å². The Kier molecular flexibility index (Phi) is 2.14. The summed E-state index contributed by atoms with van der Waals surface area (Å²) >= 11 is 3.34. The van der Waals surface area contributed by atoms with Gasteiger partial charge in [0.15, 0.2) is 9.84 Å². The smallest absolute Gasteiger partial charge is 0.188 e. The molecule has 2 aliphatic rings. The molecule has 0 atom stereocenters. The normalized spacial score (nSPS) is 24.3. The molecule has 1 N–H and O–H groups in total. The SMILES string of the molecule is O=S1(=O)c2c(Br)cccc2NCC12CCC2. The fraction of sp³-hybridized carbons (Fsp3) is 0.455. The zero-order valence-electron chi connectivity index (χ0n) is 8.66. The molecule has 1 aliphatic heterocycles. The van der Waals surface area contributed by atoms with E-state index in [0.717, 1.165) is 24.9 Å². The summed E-state index contributed by atoms with van der Waals surface area (Å²) in [5.74, 6) is 0. The van der Waals surface area contributed by atoms with Gasteiger partial charge in [0.05, 0.1) is 10.4 Å². The van der Waals surface area contributed by atoms with Crippen LogP contribution in [0.2, 0.25) is 0 Å². The van der Waals surface area contributed by atoms with Gasteiger partial charge in [-0.3, -0.25) is 0 Å². The zero-order valence-corrected chi connectivity index (χ0v) is 11.1. The van der Waals surface area contributed by atoms with Crippen LogP contribution in [0.4, 0.5) is 5.69 Å². The predicted octanol–water partition coefficient (Wildman–Crippen LogP) is 2.57. The van der Waals surface area contributed by atoms with Crippen molar-refractivity contribution in [2.75, 3.05) is 11.9 Å². The fourth-order valence-electron chi connectivity index (χ4n) is 2.51. The molecule has 1 saturated carbocycles. The van der Waals surface area contributed by atoms with Gasteiger partial charge < -0.3 is 5.32 Å². The average Bonchev–Trinajstić information content (AvgIpc) is 2.14. The molecule has 3 nitrogen and oxygen atoms in total. The third-order valence-electron chi connectivity index (χ3n) is 3.67. The minimum atomic E-state index is -3.19. The van der Waals surface area contributed by atoms with E-state index in [9.17, 15) is 8.42 Å². The van der Waals surface area contributed by atoms with Crippen molar-refractivity contribution in [1.29, 1.82) is 0 Å². The van der Waals surface area contributed by atoms with E-state index in [-0.39, 0.29) is 0 Å². The molecular weight excluding hydrogens is 290 g/mol. The van der Waals surface area contributed by atoms with Crippen LogP contribution in [-0.4, -0.2) is 19.7 Å². The minimum absolute atomic E-state index is 0.445. The summed E-state index contributed by atoms with van der Waals surface area (Å²) < 4.78 is 25.3. The van der Waals surface area contributed by atoms with Crippen molar-refractivity contribution < 1.29 is 8.42 Å². The lowest BCUT2D eigenvalue weighted by Gasteiger charge is -2.44. The van der Waals surface area contributed by atoms with Gasteiger partial charge in [0.25, 0.3) is 0 Å². The average molecular weight is 302 g/mol. The first-order valence-corrected chi connectivity index (χ1v) is 7.61. The van der Waals surface area contributed by atoms with Gasteiger partial charge in [-0.1, -0.05) is 12.5 Å². The van der Waals surface area contributed by atoms with Crippen molar-refractivity contribution in [1.82, 2.24) is 0 Å². The van der Waals surface area contributed by atoms with Crippen LogP contribution in [-0.2, 0) is 9.84 Å². The van der Waals surface area contributed by atoms with Gasteiger partial charge in [0.1, 0.15) is 4.90 Å². The van der Waals surface area contributed by atoms with E-state index < -0.39 is 14.6 Å². The number of hydrogen-bond donors (Lipinski definition) is 1. The number of rotatable bonds is 0. The predicted molar refractivity (Wildman–Crippen MR) is 66.4 cm³/mol. The molecule has 0 radical (unpaired) electrons. The van der Waals surface area contributed by atoms with Crippen LogP contribution >= 0.6 is 15.9 Å². The summed E-state index contributed by atoms with van der Waals surface area (Å²) in [6.45, 7) is 0.554. The van der Waals surface area contributed by atoms with Crippen LogP contribution < -0.4 is 5.32 Å². The molecule has 1 spiro atoms. The molecule has 1 fully saturated rings. The van der Waals surface area contributed by atoms with E-state index in [1.165, 1.54) is 0 Å². The fourth-order valence-corrected chi connectivity index (χ4v) is 5.79. The summed E-state index contributed by atoms with van der Waals surface area (Å²) in [4.78, 5) is 0.445. The van der Waals surface area contributed by atoms with E-state index >= 15 is 0 Å². The number of hydrogen-bond acceptors (Lipinski definition) is 3. The minimum Gasteiger partial charge on any atom is -0.382 e. The van der Waals surface area contributed by atoms with Crippen LogP contribution in [0.25, 0.3) is 0 Å². The Morgan fingerprint density at radius 2 is 2.06 bits per heavy atom. The molecule has 0 amide bonds. The Morgan fingerprint density at radius 1 is 1.31 bits per heavy atom. The Labute approximate surface area is 103 Å². The van der Waals surface area contributed by atoms with Crippen LogP contribution in [0.3, 0.4) is 0 Å². The Bertz CT molecular complexity index is 549. The molecule has 0 saturated heterocycles. The lowest BCUT2D eigenvalue weighted by molar-refractivity contribution is 0.347. The molecule has 3 rings (SSSR count). The topological polar surface area (TPSA) is 46.2 Å². The second kappa shape index (κ2) is 3.23. The number of benzene rings is 1. The van der Waals surface area contributed by atoms with Crippen molar-refractivity contribution in [3.63, 3.8) is 0 Å². The third-order valence-corrected chi connectivity index (χ3v) is 7.26. The lowest BCUT2D eigenvalue weighted by Crippen LogP contribution is -2.53. The van der Waals surface area contributed by atoms with Gasteiger partial charge in [-0.2, -0.15) is 0 Å².